The van der Waals surface area contributed by atoms with Crippen molar-refractivity contribution in [3.8, 4) is 17.6 Å². The normalized spacial score (nSPS) is 13.9. The smallest absolute Gasteiger partial charge is 0.168 e. The highest BCUT2D eigenvalue weighted by molar-refractivity contribution is 5.85. The number of nitrogens with one attached hydrogen (secondary N) is 1. The lowest BCUT2D eigenvalue weighted by Gasteiger charge is -2.17. The average molecular weight is 467 g/mol. The first kappa shape index (κ1) is 24.0. The van der Waals surface area contributed by atoms with Crippen LogP contribution in [0.15, 0.2) is 59.7 Å². The van der Waals surface area contributed by atoms with Crippen molar-refractivity contribution in [1.29, 1.82) is 5.26 Å². The first-order chi connectivity index (χ1) is 17.1. The summed E-state index contributed by atoms with van der Waals surface area (Å²) >= 11 is 0. The van der Waals surface area contributed by atoms with Gasteiger partial charge in [0.05, 0.1) is 30.2 Å². The maximum absolute atomic E-state index is 9.00. The third-order valence-corrected chi connectivity index (χ3v) is 6.16. The molecule has 2 aromatic carbocycles. The third-order valence-electron chi connectivity index (χ3n) is 6.16. The number of nitriles is 1. The van der Waals surface area contributed by atoms with Crippen molar-refractivity contribution in [3.63, 3.8) is 0 Å². The zero-order chi connectivity index (χ0) is 24.6. The van der Waals surface area contributed by atoms with E-state index in [4.69, 9.17) is 19.7 Å². The Kier molecular flexibility index (Phi) is 7.79. The van der Waals surface area contributed by atoms with E-state index in [1.54, 1.807) is 31.7 Å². The summed E-state index contributed by atoms with van der Waals surface area (Å²) < 4.78 is 11.9. The summed E-state index contributed by atoms with van der Waals surface area (Å²) in [6.07, 6.45) is 12.1. The van der Waals surface area contributed by atoms with Gasteiger partial charge in [-0.2, -0.15) is 5.26 Å². The van der Waals surface area contributed by atoms with Crippen LogP contribution in [0.1, 0.15) is 47.9 Å². The number of aliphatic imine (C=N–C) groups is 1. The Bertz CT molecular complexity index is 1270. The van der Waals surface area contributed by atoms with Crippen molar-refractivity contribution in [2.45, 2.75) is 45.6 Å². The van der Waals surface area contributed by atoms with Gasteiger partial charge in [-0.05, 0) is 93.1 Å². The van der Waals surface area contributed by atoms with E-state index in [0.29, 0.717) is 11.4 Å². The zero-order valence-corrected chi connectivity index (χ0v) is 20.4. The number of allylic oxidation sites excluding steroid dienone is 1. The first-order valence-corrected chi connectivity index (χ1v) is 11.9. The van der Waals surface area contributed by atoms with Crippen molar-refractivity contribution in [2.75, 3.05) is 12.4 Å². The summed E-state index contributed by atoms with van der Waals surface area (Å²) in [5.41, 5.74) is 5.44. The Balaban J connectivity index is 1.55. The van der Waals surface area contributed by atoms with Crippen LogP contribution in [0.5, 0.6) is 11.5 Å². The van der Waals surface area contributed by atoms with E-state index < -0.39 is 0 Å². The van der Waals surface area contributed by atoms with Gasteiger partial charge >= 0.3 is 0 Å². The molecule has 1 saturated carbocycles. The summed E-state index contributed by atoms with van der Waals surface area (Å²) in [5, 5.41) is 12.3. The molecule has 0 amide bonds. The van der Waals surface area contributed by atoms with E-state index in [9.17, 15) is 0 Å². The number of rotatable bonds is 8. The Hall–Kier alpha value is -4.11. The van der Waals surface area contributed by atoms with Crippen molar-refractivity contribution >= 4 is 29.5 Å². The van der Waals surface area contributed by atoms with Gasteiger partial charge in [-0.1, -0.05) is 12.1 Å². The number of hydrogen-bond donors (Lipinski definition) is 1. The topological polar surface area (TPSA) is 79.5 Å². The lowest BCUT2D eigenvalue weighted by Crippen LogP contribution is -2.12. The molecule has 0 bridgehead atoms. The number of aryl methyl sites for hydroxylation is 2. The summed E-state index contributed by atoms with van der Waals surface area (Å²) in [4.78, 5) is 9.02. The summed E-state index contributed by atoms with van der Waals surface area (Å²) in [5.74, 6) is 2.18. The van der Waals surface area contributed by atoms with Gasteiger partial charge in [-0.15, -0.1) is 0 Å². The van der Waals surface area contributed by atoms with Gasteiger partial charge < -0.3 is 14.8 Å². The molecule has 1 aromatic heterocycles. The summed E-state index contributed by atoms with van der Waals surface area (Å²) in [7, 11) is 1.67. The number of ether oxygens (including phenoxy) is 2. The number of nitrogens with zero attached hydrogens (tertiary/aromatic N) is 3. The molecule has 0 unspecified atom stereocenters. The number of anilines is 2. The van der Waals surface area contributed by atoms with E-state index in [1.165, 1.54) is 12.8 Å². The Morgan fingerprint density at radius 2 is 1.91 bits per heavy atom. The molecule has 1 aliphatic carbocycles. The Labute approximate surface area is 207 Å². The molecular formula is C29H30N4O2. The fourth-order valence-corrected chi connectivity index (χ4v) is 4.07. The molecule has 1 aliphatic rings. The molecule has 35 heavy (non-hydrogen) atoms. The molecule has 1 heterocycles. The minimum Gasteiger partial charge on any atom is -0.493 e. The van der Waals surface area contributed by atoms with Crippen LogP contribution in [-0.2, 0) is 0 Å². The van der Waals surface area contributed by atoms with Gasteiger partial charge in [0.25, 0.3) is 0 Å². The molecular weight excluding hydrogens is 436 g/mol. The molecule has 0 radical (unpaired) electrons. The third kappa shape index (κ3) is 6.07. The summed E-state index contributed by atoms with van der Waals surface area (Å²) in [6, 6.07) is 15.6. The molecule has 1 N–H and O–H groups in total. The van der Waals surface area contributed by atoms with Crippen molar-refractivity contribution in [1.82, 2.24) is 4.98 Å². The molecule has 1 fully saturated rings. The van der Waals surface area contributed by atoms with Crippen LogP contribution in [-0.4, -0.2) is 24.4 Å². The van der Waals surface area contributed by atoms with Crippen LogP contribution in [0.25, 0.3) is 6.08 Å². The Morgan fingerprint density at radius 3 is 2.63 bits per heavy atom. The maximum atomic E-state index is 9.00. The molecule has 6 nitrogen and oxygen atoms in total. The quantitative estimate of drug-likeness (QED) is 0.360. The molecule has 0 spiro atoms. The van der Waals surface area contributed by atoms with Gasteiger partial charge in [0.15, 0.2) is 11.5 Å². The van der Waals surface area contributed by atoms with E-state index in [1.807, 2.05) is 36.4 Å². The SMILES string of the molecule is COc1cccc(/C=C/C=Nc2cc(C)c(C)cc2Nc2ccc(C#N)cn2)c1OC1CCCC1. The van der Waals surface area contributed by atoms with Gasteiger partial charge in [0, 0.05) is 18.0 Å². The predicted octanol–water partition coefficient (Wildman–Crippen LogP) is 7.06. The number of pyridine rings is 1. The van der Waals surface area contributed by atoms with Crippen LogP contribution in [0.4, 0.5) is 17.2 Å². The minimum absolute atomic E-state index is 0.243. The maximum Gasteiger partial charge on any atom is 0.168 e. The van der Waals surface area contributed by atoms with Crippen LogP contribution >= 0.6 is 0 Å². The monoisotopic (exact) mass is 466 g/mol. The van der Waals surface area contributed by atoms with E-state index >= 15 is 0 Å². The Morgan fingerprint density at radius 1 is 1.11 bits per heavy atom. The van der Waals surface area contributed by atoms with E-state index in [-0.39, 0.29) is 6.10 Å². The second kappa shape index (κ2) is 11.3. The van der Waals surface area contributed by atoms with Crippen molar-refractivity contribution < 1.29 is 9.47 Å². The number of hydrogen-bond acceptors (Lipinski definition) is 6. The average Bonchev–Trinajstić information content (AvgIpc) is 3.39. The van der Waals surface area contributed by atoms with Crippen LogP contribution in [0, 0.1) is 25.2 Å². The molecule has 0 aliphatic heterocycles. The number of aromatic nitrogens is 1. The largest absolute Gasteiger partial charge is 0.493 e. The van der Waals surface area contributed by atoms with E-state index in [0.717, 1.165) is 52.4 Å². The van der Waals surface area contributed by atoms with Crippen molar-refractivity contribution in [2.24, 2.45) is 4.99 Å². The highest BCUT2D eigenvalue weighted by Gasteiger charge is 2.19. The van der Waals surface area contributed by atoms with Gasteiger partial charge in [0.1, 0.15) is 11.9 Å². The second-order valence-corrected chi connectivity index (χ2v) is 8.66. The molecule has 178 valence electrons. The second-order valence-electron chi connectivity index (χ2n) is 8.66. The van der Waals surface area contributed by atoms with Gasteiger partial charge in [-0.3, -0.25) is 4.99 Å². The minimum atomic E-state index is 0.243. The standard InChI is InChI=1S/C29H30N4O2/c1-20-16-25(26(17-21(20)2)33-28-14-13-22(18-30)19-32-28)31-15-7-9-23-8-6-12-27(34-3)29(23)35-24-10-4-5-11-24/h6-9,12-17,19,24H,4-5,10-11H2,1-3H3,(H,32,33)/b9-7+,31-15?. The predicted molar refractivity (Wildman–Crippen MR) is 141 cm³/mol. The molecule has 0 atom stereocenters. The van der Waals surface area contributed by atoms with E-state index in [2.05, 4.69) is 36.3 Å². The number of benzene rings is 2. The molecule has 4 rings (SSSR count). The van der Waals surface area contributed by atoms with Crippen molar-refractivity contribution in [3.05, 3.63) is 77.0 Å². The van der Waals surface area contributed by atoms with Crippen LogP contribution < -0.4 is 14.8 Å². The lowest BCUT2D eigenvalue weighted by atomic mass is 10.1. The van der Waals surface area contributed by atoms with Crippen LogP contribution in [0.3, 0.4) is 0 Å². The van der Waals surface area contributed by atoms with Gasteiger partial charge in [0.2, 0.25) is 0 Å². The number of para-hydroxylation sites is 1. The zero-order valence-electron chi connectivity index (χ0n) is 20.4. The molecule has 0 saturated heterocycles. The molecule has 3 aromatic rings. The fourth-order valence-electron chi connectivity index (χ4n) is 4.07. The molecule has 6 heteroatoms. The highest BCUT2D eigenvalue weighted by Crippen LogP contribution is 2.35. The lowest BCUT2D eigenvalue weighted by molar-refractivity contribution is 0.200. The van der Waals surface area contributed by atoms with Crippen LogP contribution in [0.2, 0.25) is 0 Å². The summed E-state index contributed by atoms with van der Waals surface area (Å²) in [6.45, 7) is 4.13. The van der Waals surface area contributed by atoms with Gasteiger partial charge in [-0.25, -0.2) is 4.98 Å². The number of methoxy groups -OCH3 is 1. The highest BCUT2D eigenvalue weighted by atomic mass is 16.5. The first-order valence-electron chi connectivity index (χ1n) is 11.9. The fraction of sp³-hybridized carbons (Fsp3) is 0.276.